The van der Waals surface area contributed by atoms with E-state index in [9.17, 15) is 4.39 Å². The predicted octanol–water partition coefficient (Wildman–Crippen LogP) is 5.38. The van der Waals surface area contributed by atoms with Gasteiger partial charge in [-0.05, 0) is 75.8 Å². The molecule has 0 radical (unpaired) electrons. The van der Waals surface area contributed by atoms with Crippen LogP contribution in [0.15, 0.2) is 36.8 Å². The van der Waals surface area contributed by atoms with Gasteiger partial charge in [0.2, 0.25) is 0 Å². The van der Waals surface area contributed by atoms with Gasteiger partial charge in [0.15, 0.2) is 5.79 Å². The number of benzene rings is 1. The molecule has 0 amide bonds. The van der Waals surface area contributed by atoms with Gasteiger partial charge in [0, 0.05) is 22.4 Å². The molecule has 1 aliphatic heterocycles. The second-order valence-corrected chi connectivity index (χ2v) is 11.4. The Morgan fingerprint density at radius 3 is 2.86 bits per heavy atom. The second-order valence-electron chi connectivity index (χ2n) is 11.0. The summed E-state index contributed by atoms with van der Waals surface area (Å²) < 4.78 is 30.2. The smallest absolute Gasteiger partial charge is 0.163 e. The average molecular weight is 508 g/mol. The number of rotatable bonds is 4. The van der Waals surface area contributed by atoms with E-state index in [1.165, 1.54) is 0 Å². The molecule has 1 aromatic carbocycles. The van der Waals surface area contributed by atoms with E-state index in [4.69, 9.17) is 26.8 Å². The van der Waals surface area contributed by atoms with Gasteiger partial charge < -0.3 is 19.8 Å². The van der Waals surface area contributed by atoms with E-state index in [2.05, 4.69) is 31.8 Å². The van der Waals surface area contributed by atoms with Gasteiger partial charge in [0.05, 0.1) is 28.4 Å². The maximum Gasteiger partial charge on any atom is 0.163 e. The third-order valence-corrected chi connectivity index (χ3v) is 8.76. The van der Waals surface area contributed by atoms with Crippen molar-refractivity contribution < 1.29 is 13.9 Å². The highest BCUT2D eigenvalue weighted by Crippen LogP contribution is 2.73. The number of fused-ring (bicyclic) bond motifs is 5. The first-order valence-corrected chi connectivity index (χ1v) is 12.7. The number of anilines is 1. The number of ether oxygens (including phenoxy) is 2. The summed E-state index contributed by atoms with van der Waals surface area (Å²) in [6.45, 7) is 5.96. The van der Waals surface area contributed by atoms with Gasteiger partial charge in [-0.3, -0.25) is 0 Å². The number of aryl methyl sites for hydroxylation is 2. The van der Waals surface area contributed by atoms with Crippen LogP contribution < -0.4 is 5.73 Å². The SMILES string of the molecule is Cc1ncnc2c1ccn2[C@H]1[C@@H]2OC(C)(C)O[C@@H]2C2(CCc3cc(F)c4cc(Cl)c(N)nc4c3)C[C@H]12. The van der Waals surface area contributed by atoms with Crippen LogP contribution >= 0.6 is 11.6 Å². The molecule has 186 valence electrons. The van der Waals surface area contributed by atoms with Crippen LogP contribution in [0.5, 0.6) is 0 Å². The number of nitrogens with zero attached hydrogens (tertiary/aromatic N) is 4. The van der Waals surface area contributed by atoms with E-state index in [0.717, 1.165) is 35.1 Å². The topological polar surface area (TPSA) is 88.1 Å². The van der Waals surface area contributed by atoms with Crippen LogP contribution in [0.2, 0.25) is 5.02 Å². The highest BCUT2D eigenvalue weighted by atomic mass is 35.5. The number of hydrogen-bond acceptors (Lipinski definition) is 6. The van der Waals surface area contributed by atoms with Gasteiger partial charge in [0.1, 0.15) is 29.7 Å². The summed E-state index contributed by atoms with van der Waals surface area (Å²) in [7, 11) is 0. The zero-order valence-corrected chi connectivity index (χ0v) is 21.1. The van der Waals surface area contributed by atoms with E-state index in [1.54, 1.807) is 18.5 Å². The maximum absolute atomic E-state index is 14.9. The molecule has 1 saturated heterocycles. The number of aromatic nitrogens is 4. The Balaban J connectivity index is 1.22. The quantitative estimate of drug-likeness (QED) is 0.399. The molecule has 3 fully saturated rings. The van der Waals surface area contributed by atoms with Crippen molar-refractivity contribution in [2.45, 2.75) is 64.1 Å². The summed E-state index contributed by atoms with van der Waals surface area (Å²) in [5, 5.41) is 1.70. The summed E-state index contributed by atoms with van der Waals surface area (Å²) >= 11 is 6.06. The van der Waals surface area contributed by atoms with Crippen molar-refractivity contribution in [3.8, 4) is 0 Å². The molecule has 2 saturated carbocycles. The molecule has 9 heteroatoms. The Morgan fingerprint density at radius 2 is 2.03 bits per heavy atom. The van der Waals surface area contributed by atoms with Gasteiger partial charge in [-0.15, -0.1) is 0 Å². The van der Waals surface area contributed by atoms with Crippen molar-refractivity contribution in [1.82, 2.24) is 19.5 Å². The molecule has 36 heavy (non-hydrogen) atoms. The van der Waals surface area contributed by atoms with Gasteiger partial charge in [-0.25, -0.2) is 19.3 Å². The number of nitrogens with two attached hydrogens (primary N) is 1. The average Bonchev–Trinajstić information content (AvgIpc) is 3.08. The molecule has 7 rings (SSSR count). The lowest BCUT2D eigenvalue weighted by atomic mass is 9.91. The molecule has 5 atom stereocenters. The zero-order valence-electron chi connectivity index (χ0n) is 20.3. The predicted molar refractivity (Wildman–Crippen MR) is 135 cm³/mol. The monoisotopic (exact) mass is 507 g/mol. The molecule has 7 nitrogen and oxygen atoms in total. The fourth-order valence-electron chi connectivity index (χ4n) is 6.77. The Hall–Kier alpha value is -2.81. The molecule has 4 heterocycles. The zero-order chi connectivity index (χ0) is 25.0. The van der Waals surface area contributed by atoms with E-state index in [-0.39, 0.29) is 40.3 Å². The fourth-order valence-corrected chi connectivity index (χ4v) is 6.92. The van der Waals surface area contributed by atoms with Crippen molar-refractivity contribution in [2.24, 2.45) is 11.3 Å². The lowest BCUT2D eigenvalue weighted by Crippen LogP contribution is -2.32. The lowest BCUT2D eigenvalue weighted by Gasteiger charge is -2.24. The first-order valence-electron chi connectivity index (χ1n) is 12.3. The summed E-state index contributed by atoms with van der Waals surface area (Å²) in [5.74, 6) is -0.385. The van der Waals surface area contributed by atoms with Gasteiger partial charge >= 0.3 is 0 Å². The third kappa shape index (κ3) is 3.14. The van der Waals surface area contributed by atoms with Crippen molar-refractivity contribution in [3.63, 3.8) is 0 Å². The molecular weight excluding hydrogens is 481 g/mol. The van der Waals surface area contributed by atoms with E-state index < -0.39 is 5.79 Å². The van der Waals surface area contributed by atoms with Crippen LogP contribution in [0.1, 0.15) is 44.0 Å². The minimum Gasteiger partial charge on any atom is -0.382 e. The summed E-state index contributed by atoms with van der Waals surface area (Å²) in [6, 6.07) is 7.26. The largest absolute Gasteiger partial charge is 0.382 e. The Kier molecular flexibility index (Phi) is 4.58. The molecule has 4 aromatic rings. The van der Waals surface area contributed by atoms with Crippen molar-refractivity contribution in [3.05, 3.63) is 58.9 Å². The molecule has 3 aromatic heterocycles. The fraction of sp³-hybridized carbons (Fsp3) is 0.444. The van der Waals surface area contributed by atoms with Crippen molar-refractivity contribution in [2.75, 3.05) is 5.73 Å². The van der Waals surface area contributed by atoms with Crippen LogP contribution in [0, 0.1) is 24.1 Å². The van der Waals surface area contributed by atoms with Crippen molar-refractivity contribution in [1.29, 1.82) is 0 Å². The Bertz CT molecular complexity index is 1550. The summed E-state index contributed by atoms with van der Waals surface area (Å²) in [6.07, 6.45) is 6.26. The molecule has 0 spiro atoms. The normalized spacial score (nSPS) is 30.1. The highest BCUT2D eigenvalue weighted by Gasteiger charge is 2.75. The Labute approximate surface area is 212 Å². The molecule has 2 aliphatic carbocycles. The van der Waals surface area contributed by atoms with Crippen LogP contribution in [-0.4, -0.2) is 37.5 Å². The van der Waals surface area contributed by atoms with Crippen LogP contribution in [-0.2, 0) is 15.9 Å². The van der Waals surface area contributed by atoms with Crippen molar-refractivity contribution >= 4 is 39.4 Å². The first kappa shape index (κ1) is 22.4. The molecule has 2 N–H and O–H groups in total. The van der Waals surface area contributed by atoms with E-state index in [0.29, 0.717) is 23.2 Å². The maximum atomic E-state index is 14.9. The second kappa shape index (κ2) is 7.37. The highest BCUT2D eigenvalue weighted by molar-refractivity contribution is 6.33. The van der Waals surface area contributed by atoms with Gasteiger partial charge in [-0.1, -0.05) is 11.6 Å². The first-order chi connectivity index (χ1) is 17.2. The third-order valence-electron chi connectivity index (χ3n) is 8.46. The van der Waals surface area contributed by atoms with Crippen LogP contribution in [0.3, 0.4) is 0 Å². The van der Waals surface area contributed by atoms with Gasteiger partial charge in [0.25, 0.3) is 0 Å². The summed E-state index contributed by atoms with van der Waals surface area (Å²) in [4.78, 5) is 13.3. The number of nitrogen functional groups attached to an aromatic ring is 1. The summed E-state index contributed by atoms with van der Waals surface area (Å²) in [5.41, 5.74) is 9.16. The molecule has 0 bridgehead atoms. The van der Waals surface area contributed by atoms with E-state index >= 15 is 0 Å². The number of halogens is 2. The standard InChI is InChI=1S/C27H27ClFN5O2/c1-13-15-5-7-34(25(15)32-12-31-13)21-17-11-27(17,23-22(21)35-26(2,3)36-23)6-4-14-8-19(29)16-10-18(28)24(30)33-20(16)9-14/h5,7-10,12,17,21-23H,4,6,11H2,1-3H3,(H2,30,33)/t17-,21-,22+,23+,27?/m1/s1. The van der Waals surface area contributed by atoms with Crippen LogP contribution in [0.25, 0.3) is 21.9 Å². The molecule has 1 unspecified atom stereocenters. The lowest BCUT2D eigenvalue weighted by molar-refractivity contribution is -0.161. The minimum atomic E-state index is -0.655. The minimum absolute atomic E-state index is 0.0271. The Morgan fingerprint density at radius 1 is 1.19 bits per heavy atom. The number of hydrogen-bond donors (Lipinski definition) is 1. The van der Waals surface area contributed by atoms with Crippen LogP contribution in [0.4, 0.5) is 10.2 Å². The number of pyridine rings is 1. The van der Waals surface area contributed by atoms with E-state index in [1.807, 2.05) is 26.8 Å². The molecular formula is C27H27ClFN5O2. The molecule has 3 aliphatic rings. The van der Waals surface area contributed by atoms with Gasteiger partial charge in [-0.2, -0.15) is 0 Å².